The van der Waals surface area contributed by atoms with E-state index in [1.54, 1.807) is 23.5 Å². The van der Waals surface area contributed by atoms with Crippen molar-refractivity contribution in [2.45, 2.75) is 13.0 Å². The number of hydrogen-bond donors (Lipinski definition) is 3. The monoisotopic (exact) mass is 401 g/mol. The minimum absolute atomic E-state index is 0.0611. The highest BCUT2D eigenvalue weighted by Crippen LogP contribution is 2.36. The summed E-state index contributed by atoms with van der Waals surface area (Å²) in [6.07, 6.45) is 3.28. The van der Waals surface area contributed by atoms with Gasteiger partial charge in [-0.05, 0) is 31.2 Å². The summed E-state index contributed by atoms with van der Waals surface area (Å²) < 4.78 is 12.6. The van der Waals surface area contributed by atoms with Gasteiger partial charge in [-0.2, -0.15) is 9.50 Å². The molecule has 9 heteroatoms. The Labute approximate surface area is 165 Å². The molecule has 28 heavy (non-hydrogen) atoms. The number of piperazine rings is 1. The fraction of sp³-hybridized carbons (Fsp3) is 0.368. The molecule has 1 saturated heterocycles. The van der Waals surface area contributed by atoms with Crippen molar-refractivity contribution in [2.75, 3.05) is 32.7 Å². The summed E-state index contributed by atoms with van der Waals surface area (Å²) in [6.45, 7) is 7.67. The number of nitrogens with zero attached hydrogens (tertiary/aromatic N) is 3. The first-order chi connectivity index (χ1) is 13.7. The van der Waals surface area contributed by atoms with Crippen LogP contribution >= 0.6 is 11.3 Å². The quantitative estimate of drug-likeness (QED) is 0.446. The molecule has 8 nitrogen and oxygen atoms in total. The molecule has 0 spiro atoms. The molecule has 0 saturated carbocycles. The van der Waals surface area contributed by atoms with Crippen molar-refractivity contribution in [3.8, 4) is 17.5 Å². The van der Waals surface area contributed by atoms with Crippen molar-refractivity contribution >= 4 is 16.3 Å². The molecule has 4 aromatic heterocycles. The zero-order valence-corrected chi connectivity index (χ0v) is 16.4. The summed E-state index contributed by atoms with van der Waals surface area (Å²) in [6, 6.07) is 7.43. The van der Waals surface area contributed by atoms with Gasteiger partial charge in [-0.1, -0.05) is 11.3 Å². The van der Waals surface area contributed by atoms with Crippen LogP contribution in [0.4, 0.5) is 0 Å². The SMILES string of the molecule is CC[NH+]1CC[NH+]([C@H](c2ccco2)c2sc3nc(-c4ccco4)nn3c2O)CC1. The van der Waals surface area contributed by atoms with Gasteiger partial charge < -0.3 is 23.7 Å². The number of quaternary nitrogens is 2. The predicted octanol–water partition coefficient (Wildman–Crippen LogP) is 0.242. The van der Waals surface area contributed by atoms with Gasteiger partial charge in [0.15, 0.2) is 17.6 Å². The lowest BCUT2D eigenvalue weighted by Crippen LogP contribution is -3.28. The van der Waals surface area contributed by atoms with E-state index in [-0.39, 0.29) is 11.9 Å². The van der Waals surface area contributed by atoms with Gasteiger partial charge in [0.05, 0.1) is 19.1 Å². The molecule has 3 N–H and O–H groups in total. The van der Waals surface area contributed by atoms with Crippen molar-refractivity contribution < 1.29 is 23.7 Å². The Balaban J connectivity index is 1.53. The highest BCUT2D eigenvalue weighted by molar-refractivity contribution is 7.17. The minimum atomic E-state index is -0.0611. The maximum absolute atomic E-state index is 11.0. The van der Waals surface area contributed by atoms with Gasteiger partial charge in [0.2, 0.25) is 16.7 Å². The summed E-state index contributed by atoms with van der Waals surface area (Å²) in [4.78, 5) is 9.05. The van der Waals surface area contributed by atoms with Crippen LogP contribution in [0.3, 0.4) is 0 Å². The first-order valence-corrected chi connectivity index (χ1v) is 10.4. The third kappa shape index (κ3) is 2.92. The molecular weight excluding hydrogens is 378 g/mol. The molecule has 1 fully saturated rings. The smallest absolute Gasteiger partial charge is 0.235 e. The second-order valence-corrected chi connectivity index (χ2v) is 8.12. The van der Waals surface area contributed by atoms with Gasteiger partial charge in [-0.25, -0.2) is 0 Å². The largest absolute Gasteiger partial charge is 0.492 e. The molecule has 1 aliphatic rings. The molecule has 0 unspecified atom stereocenters. The van der Waals surface area contributed by atoms with E-state index < -0.39 is 0 Å². The predicted molar refractivity (Wildman–Crippen MR) is 103 cm³/mol. The van der Waals surface area contributed by atoms with Gasteiger partial charge in [0.25, 0.3) is 0 Å². The highest BCUT2D eigenvalue weighted by Gasteiger charge is 2.37. The van der Waals surface area contributed by atoms with Gasteiger partial charge in [-0.15, -0.1) is 5.10 Å². The number of thiazole rings is 1. The van der Waals surface area contributed by atoms with Gasteiger partial charge >= 0.3 is 0 Å². The summed E-state index contributed by atoms with van der Waals surface area (Å²) in [7, 11) is 0. The molecule has 5 rings (SSSR count). The number of hydrogen-bond acceptors (Lipinski definition) is 6. The van der Waals surface area contributed by atoms with E-state index in [9.17, 15) is 5.11 Å². The number of furan rings is 2. The van der Waals surface area contributed by atoms with Crippen molar-refractivity contribution in [3.63, 3.8) is 0 Å². The standard InChI is InChI=1S/C19H21N5O3S/c1-2-22-7-9-23(10-8-22)15(13-5-3-11-26-13)16-18(25)24-19(28-16)20-17(21-24)14-6-4-12-27-14/h3-6,11-12,15,25H,2,7-10H2,1H3/p+2/t15-/m1/s1. The van der Waals surface area contributed by atoms with Crippen molar-refractivity contribution in [3.05, 3.63) is 47.4 Å². The van der Waals surface area contributed by atoms with E-state index in [2.05, 4.69) is 17.0 Å². The summed E-state index contributed by atoms with van der Waals surface area (Å²) in [5.74, 6) is 2.05. The fourth-order valence-corrected chi connectivity index (χ4v) is 5.11. The number of nitrogens with one attached hydrogen (secondary N) is 2. The van der Waals surface area contributed by atoms with Gasteiger partial charge in [0.1, 0.15) is 31.1 Å². The number of likely N-dealkylation sites (N-methyl/N-ethyl adjacent to an activating group) is 1. The molecular formula is C19H23N5O3S+2. The zero-order valence-electron chi connectivity index (χ0n) is 15.6. The minimum Gasteiger partial charge on any atom is -0.492 e. The Kier molecular flexibility index (Phi) is 4.42. The van der Waals surface area contributed by atoms with Crippen LogP contribution in [0.5, 0.6) is 5.88 Å². The van der Waals surface area contributed by atoms with Crippen molar-refractivity contribution in [1.82, 2.24) is 14.6 Å². The molecule has 0 bridgehead atoms. The van der Waals surface area contributed by atoms with Crippen LogP contribution in [0.1, 0.15) is 23.6 Å². The van der Waals surface area contributed by atoms with Gasteiger partial charge in [0, 0.05) is 0 Å². The van der Waals surface area contributed by atoms with E-state index in [1.807, 2.05) is 18.2 Å². The summed E-state index contributed by atoms with van der Waals surface area (Å²) in [5.41, 5.74) is 0. The van der Waals surface area contributed by atoms with Crippen LogP contribution in [0.2, 0.25) is 0 Å². The second kappa shape index (κ2) is 7.08. The molecule has 0 aliphatic carbocycles. The topological polar surface area (TPSA) is 85.6 Å². The number of aromatic nitrogens is 3. The van der Waals surface area contributed by atoms with Crippen LogP contribution in [0.25, 0.3) is 16.5 Å². The van der Waals surface area contributed by atoms with Crippen LogP contribution in [0.15, 0.2) is 45.6 Å². The third-order valence-electron chi connectivity index (χ3n) is 5.54. The molecule has 5 heterocycles. The third-order valence-corrected chi connectivity index (χ3v) is 6.62. The van der Waals surface area contributed by atoms with Crippen LogP contribution in [-0.4, -0.2) is 52.4 Å². The molecule has 4 aromatic rings. The fourth-order valence-electron chi connectivity index (χ4n) is 3.99. The van der Waals surface area contributed by atoms with Crippen molar-refractivity contribution in [2.24, 2.45) is 0 Å². The first kappa shape index (κ1) is 17.5. The normalized spacial score (nSPS) is 21.3. The Bertz CT molecular complexity index is 1050. The first-order valence-electron chi connectivity index (χ1n) is 9.58. The lowest BCUT2D eigenvalue weighted by Gasteiger charge is -2.32. The van der Waals surface area contributed by atoms with Crippen LogP contribution in [-0.2, 0) is 0 Å². The van der Waals surface area contributed by atoms with Gasteiger partial charge in [-0.3, -0.25) is 0 Å². The zero-order chi connectivity index (χ0) is 19.1. The lowest BCUT2D eigenvalue weighted by molar-refractivity contribution is -1.02. The maximum Gasteiger partial charge on any atom is 0.235 e. The molecule has 0 aromatic carbocycles. The lowest BCUT2D eigenvalue weighted by atomic mass is 10.1. The molecule has 0 radical (unpaired) electrons. The van der Waals surface area contributed by atoms with E-state index in [0.29, 0.717) is 16.5 Å². The number of fused-ring (bicyclic) bond motifs is 1. The number of aromatic hydroxyl groups is 1. The average Bonchev–Trinajstić information content (AvgIpc) is 3.50. The van der Waals surface area contributed by atoms with Crippen LogP contribution in [0, 0.1) is 0 Å². The molecule has 0 amide bonds. The maximum atomic E-state index is 11.0. The second-order valence-electron chi connectivity index (χ2n) is 7.11. The average molecular weight is 401 g/mol. The Morgan fingerprint density at radius 2 is 1.96 bits per heavy atom. The summed E-state index contributed by atoms with van der Waals surface area (Å²) in [5, 5.41) is 15.4. The highest BCUT2D eigenvalue weighted by atomic mass is 32.1. The Morgan fingerprint density at radius 3 is 2.61 bits per heavy atom. The number of rotatable bonds is 5. The molecule has 146 valence electrons. The molecule has 1 atom stereocenters. The van der Waals surface area contributed by atoms with E-state index in [0.717, 1.165) is 43.4 Å². The Hall–Kier alpha value is -2.62. The Morgan fingerprint density at radius 1 is 1.18 bits per heavy atom. The van der Waals surface area contributed by atoms with Crippen LogP contribution < -0.4 is 9.80 Å². The van der Waals surface area contributed by atoms with E-state index >= 15 is 0 Å². The van der Waals surface area contributed by atoms with E-state index in [1.165, 1.54) is 20.8 Å². The van der Waals surface area contributed by atoms with Crippen molar-refractivity contribution in [1.29, 1.82) is 0 Å². The molecule has 1 aliphatic heterocycles. The van der Waals surface area contributed by atoms with E-state index in [4.69, 9.17) is 8.83 Å². The summed E-state index contributed by atoms with van der Waals surface area (Å²) >= 11 is 1.46.